The van der Waals surface area contributed by atoms with E-state index in [1.807, 2.05) is 6.92 Å². The van der Waals surface area contributed by atoms with E-state index in [2.05, 4.69) is 0 Å². The number of fused-ring (bicyclic) bond motifs is 1. The number of ether oxygens (including phenoxy) is 1. The first-order valence-corrected chi connectivity index (χ1v) is 7.69. The molecule has 2 heterocycles. The van der Waals surface area contributed by atoms with E-state index in [9.17, 15) is 14.7 Å². The quantitative estimate of drug-likeness (QED) is 0.862. The lowest BCUT2D eigenvalue weighted by Gasteiger charge is -2.41. The van der Waals surface area contributed by atoms with Crippen molar-refractivity contribution in [2.45, 2.75) is 18.7 Å². The number of halogens is 1. The highest BCUT2D eigenvalue weighted by Crippen LogP contribution is 2.50. The van der Waals surface area contributed by atoms with Gasteiger partial charge in [-0.3, -0.25) is 9.69 Å². The highest BCUT2D eigenvalue weighted by molar-refractivity contribution is 8.03. The normalized spacial score (nSPS) is 23.9. The van der Waals surface area contributed by atoms with Crippen LogP contribution in [-0.4, -0.2) is 27.3 Å². The number of carbonyl (C=O) groups is 2. The van der Waals surface area contributed by atoms with Crippen molar-refractivity contribution in [3.8, 4) is 5.75 Å². The molecule has 2 unspecified atom stereocenters. The molecule has 1 fully saturated rings. The molecule has 1 N–H and O–H groups in total. The number of amides is 1. The summed E-state index contributed by atoms with van der Waals surface area (Å²) in [5.41, 5.74) is -0.0744. The molecule has 1 aromatic rings. The number of nitrogens with zero attached hydrogens (tertiary/aromatic N) is 1. The Balaban J connectivity index is 1.88. The summed E-state index contributed by atoms with van der Waals surface area (Å²) in [5.74, 6) is -0.960. The first kappa shape index (κ1) is 14.3. The zero-order valence-electron chi connectivity index (χ0n) is 11.1. The molecule has 0 spiro atoms. The maximum absolute atomic E-state index is 12.0. The molecule has 5 nitrogen and oxygen atoms in total. The van der Waals surface area contributed by atoms with E-state index in [0.29, 0.717) is 17.2 Å². The minimum Gasteiger partial charge on any atom is -0.476 e. The molecule has 0 bridgehead atoms. The zero-order chi connectivity index (χ0) is 15.1. The summed E-state index contributed by atoms with van der Waals surface area (Å²) >= 11 is 7.08. The lowest BCUT2D eigenvalue weighted by Crippen LogP contribution is -2.56. The average molecular weight is 326 g/mol. The predicted octanol–water partition coefficient (Wildman–Crippen LogP) is 2.91. The molecule has 0 saturated carbocycles. The topological polar surface area (TPSA) is 66.8 Å². The van der Waals surface area contributed by atoms with Crippen molar-refractivity contribution in [2.75, 3.05) is 0 Å². The molecule has 0 aliphatic carbocycles. The number of carboxylic acid groups (broad SMARTS) is 1. The van der Waals surface area contributed by atoms with Gasteiger partial charge in [-0.15, -0.1) is 0 Å². The SMILES string of the molecule is CCC1C(=O)N2C(C(=O)O)=C(Oc3ccc(Cl)cc3)SC12. The van der Waals surface area contributed by atoms with Crippen LogP contribution in [0.15, 0.2) is 35.1 Å². The fourth-order valence-electron chi connectivity index (χ4n) is 2.41. The standard InChI is InChI=1S/C14H12ClNO4S/c1-2-9-11(17)16-10(13(18)19)14(21-12(9)16)20-8-5-3-7(15)4-6-8/h3-6,9,12H,2H2,1H3,(H,18,19). The lowest BCUT2D eigenvalue weighted by atomic mass is 9.95. The second-order valence-electron chi connectivity index (χ2n) is 4.73. The highest BCUT2D eigenvalue weighted by Gasteiger charge is 2.56. The number of hydrogen-bond acceptors (Lipinski definition) is 4. The van der Waals surface area contributed by atoms with Gasteiger partial charge in [-0.2, -0.15) is 0 Å². The van der Waals surface area contributed by atoms with Gasteiger partial charge in [0.2, 0.25) is 5.91 Å². The Kier molecular flexibility index (Phi) is 3.59. The summed E-state index contributed by atoms with van der Waals surface area (Å²) in [6.45, 7) is 1.92. The second-order valence-corrected chi connectivity index (χ2v) is 6.25. The van der Waals surface area contributed by atoms with E-state index < -0.39 is 5.97 Å². The maximum Gasteiger partial charge on any atom is 0.357 e. The van der Waals surface area contributed by atoms with Crippen molar-refractivity contribution in [1.82, 2.24) is 4.90 Å². The number of rotatable bonds is 4. The third-order valence-corrected chi connectivity index (χ3v) is 5.01. The monoisotopic (exact) mass is 325 g/mol. The van der Waals surface area contributed by atoms with Gasteiger partial charge in [0.05, 0.1) is 5.92 Å². The van der Waals surface area contributed by atoms with Gasteiger partial charge in [0.1, 0.15) is 11.1 Å². The fraction of sp³-hybridized carbons (Fsp3) is 0.286. The molecular weight excluding hydrogens is 314 g/mol. The molecule has 2 aliphatic heterocycles. The van der Waals surface area contributed by atoms with Crippen LogP contribution in [0, 0.1) is 5.92 Å². The van der Waals surface area contributed by atoms with Crippen LogP contribution in [-0.2, 0) is 9.59 Å². The molecule has 110 valence electrons. The molecule has 2 atom stereocenters. The molecule has 1 saturated heterocycles. The lowest BCUT2D eigenvalue weighted by molar-refractivity contribution is -0.151. The van der Waals surface area contributed by atoms with Gasteiger partial charge in [0.15, 0.2) is 10.8 Å². The van der Waals surface area contributed by atoms with E-state index in [-0.39, 0.29) is 28.0 Å². The summed E-state index contributed by atoms with van der Waals surface area (Å²) in [5, 5.41) is 9.99. The van der Waals surface area contributed by atoms with Crippen LogP contribution in [0.4, 0.5) is 0 Å². The van der Waals surface area contributed by atoms with Gasteiger partial charge in [-0.05, 0) is 30.7 Å². The van der Waals surface area contributed by atoms with Crippen LogP contribution in [0.25, 0.3) is 0 Å². The molecule has 7 heteroatoms. The smallest absolute Gasteiger partial charge is 0.357 e. The Morgan fingerprint density at radius 2 is 2.10 bits per heavy atom. The van der Waals surface area contributed by atoms with E-state index in [1.165, 1.54) is 16.7 Å². The summed E-state index contributed by atoms with van der Waals surface area (Å²) in [7, 11) is 0. The van der Waals surface area contributed by atoms with E-state index >= 15 is 0 Å². The van der Waals surface area contributed by atoms with Gasteiger partial charge in [0, 0.05) is 5.02 Å². The molecule has 2 aliphatic rings. The van der Waals surface area contributed by atoms with Gasteiger partial charge < -0.3 is 9.84 Å². The Morgan fingerprint density at radius 1 is 1.43 bits per heavy atom. The van der Waals surface area contributed by atoms with E-state index in [4.69, 9.17) is 16.3 Å². The molecule has 21 heavy (non-hydrogen) atoms. The number of carboxylic acids is 1. The third-order valence-electron chi connectivity index (χ3n) is 3.48. The highest BCUT2D eigenvalue weighted by atomic mass is 35.5. The van der Waals surface area contributed by atoms with Crippen molar-refractivity contribution in [1.29, 1.82) is 0 Å². The Bertz CT molecular complexity index is 643. The molecular formula is C14H12ClNO4S. The second kappa shape index (κ2) is 5.27. The third kappa shape index (κ3) is 2.28. The van der Waals surface area contributed by atoms with Crippen molar-refractivity contribution in [3.05, 3.63) is 40.1 Å². The number of β-lactam (4-membered cyclic amide) rings is 1. The van der Waals surface area contributed by atoms with Crippen LogP contribution in [0.1, 0.15) is 13.3 Å². The molecule has 3 rings (SSSR count). The Labute approximate surface area is 130 Å². The summed E-state index contributed by atoms with van der Waals surface area (Å²) in [4.78, 5) is 24.7. The first-order valence-electron chi connectivity index (χ1n) is 6.43. The van der Waals surface area contributed by atoms with Crippen LogP contribution >= 0.6 is 23.4 Å². The molecule has 0 radical (unpaired) electrons. The minimum absolute atomic E-state index is 0.0744. The number of carbonyl (C=O) groups excluding carboxylic acids is 1. The maximum atomic E-state index is 12.0. The number of thioether (sulfide) groups is 1. The Morgan fingerprint density at radius 3 is 2.67 bits per heavy atom. The van der Waals surface area contributed by atoms with Crippen molar-refractivity contribution in [2.24, 2.45) is 5.92 Å². The summed E-state index contributed by atoms with van der Waals surface area (Å²) < 4.78 is 5.64. The van der Waals surface area contributed by atoms with Gasteiger partial charge in [-0.1, -0.05) is 30.3 Å². The predicted molar refractivity (Wildman–Crippen MR) is 78.7 cm³/mol. The zero-order valence-corrected chi connectivity index (χ0v) is 12.6. The van der Waals surface area contributed by atoms with E-state index in [0.717, 1.165) is 0 Å². The number of aliphatic carboxylic acids is 1. The van der Waals surface area contributed by atoms with Crippen LogP contribution < -0.4 is 4.74 Å². The van der Waals surface area contributed by atoms with Crippen molar-refractivity contribution in [3.63, 3.8) is 0 Å². The largest absolute Gasteiger partial charge is 0.476 e. The van der Waals surface area contributed by atoms with Crippen molar-refractivity contribution >= 4 is 35.2 Å². The number of hydrogen-bond donors (Lipinski definition) is 1. The van der Waals surface area contributed by atoms with Gasteiger partial charge in [-0.25, -0.2) is 4.79 Å². The minimum atomic E-state index is -1.16. The first-order chi connectivity index (χ1) is 10.0. The summed E-state index contributed by atoms with van der Waals surface area (Å²) in [6, 6.07) is 6.63. The summed E-state index contributed by atoms with van der Waals surface area (Å²) in [6.07, 6.45) is 0.689. The molecule has 1 aromatic carbocycles. The van der Waals surface area contributed by atoms with Gasteiger partial charge >= 0.3 is 5.97 Å². The fourth-order valence-corrected chi connectivity index (χ4v) is 3.98. The van der Waals surface area contributed by atoms with Crippen LogP contribution in [0.3, 0.4) is 0 Å². The van der Waals surface area contributed by atoms with Crippen LogP contribution in [0.2, 0.25) is 5.02 Å². The van der Waals surface area contributed by atoms with Gasteiger partial charge in [0.25, 0.3) is 0 Å². The molecule has 0 aromatic heterocycles. The number of benzene rings is 1. The average Bonchev–Trinajstić information content (AvgIpc) is 2.77. The van der Waals surface area contributed by atoms with Crippen molar-refractivity contribution < 1.29 is 19.4 Å². The van der Waals surface area contributed by atoms with Crippen LogP contribution in [0.5, 0.6) is 5.75 Å². The Hall–Kier alpha value is -1.66. The van der Waals surface area contributed by atoms with E-state index in [1.54, 1.807) is 24.3 Å². The molecule has 1 amide bonds.